The Morgan fingerprint density at radius 1 is 1.21 bits per heavy atom. The van der Waals surface area contributed by atoms with Crippen LogP contribution in [0.25, 0.3) is 0 Å². The number of hydrogen-bond acceptors (Lipinski definition) is 4. The van der Waals surface area contributed by atoms with Crippen LogP contribution in [0, 0.1) is 0 Å². The van der Waals surface area contributed by atoms with E-state index in [9.17, 15) is 26.4 Å². The maximum Gasteiger partial charge on any atom is 0.405 e. The predicted molar refractivity (Wildman–Crippen MR) is 60.2 cm³/mol. The second-order valence-corrected chi connectivity index (χ2v) is 5.66. The summed E-state index contributed by atoms with van der Waals surface area (Å²) in [5.74, 6) is -0.749. The molecule has 0 aromatic carbocycles. The van der Waals surface area contributed by atoms with E-state index in [4.69, 9.17) is 5.14 Å². The van der Waals surface area contributed by atoms with Gasteiger partial charge in [0, 0.05) is 26.2 Å². The van der Waals surface area contributed by atoms with Crippen LogP contribution in [0.1, 0.15) is 0 Å². The predicted octanol–water partition coefficient (Wildman–Crippen LogP) is -1.51. The van der Waals surface area contributed by atoms with Gasteiger partial charge in [-0.3, -0.25) is 9.69 Å². The monoisotopic (exact) mass is 304 g/mol. The molecular weight excluding hydrogens is 289 g/mol. The summed E-state index contributed by atoms with van der Waals surface area (Å²) in [4.78, 5) is 12.8. The zero-order valence-corrected chi connectivity index (χ0v) is 10.8. The summed E-state index contributed by atoms with van der Waals surface area (Å²) < 4.78 is 58.7. The van der Waals surface area contributed by atoms with E-state index in [1.54, 1.807) is 10.2 Å². The lowest BCUT2D eigenvalue weighted by Gasteiger charge is -2.32. The molecule has 0 aromatic heterocycles. The van der Waals surface area contributed by atoms with Crippen molar-refractivity contribution >= 4 is 16.1 Å². The van der Waals surface area contributed by atoms with Crippen molar-refractivity contribution in [2.24, 2.45) is 5.14 Å². The molecule has 0 aliphatic carbocycles. The van der Waals surface area contributed by atoms with Crippen LogP contribution in [0.15, 0.2) is 0 Å². The molecule has 0 bridgehead atoms. The van der Waals surface area contributed by atoms with E-state index in [1.807, 2.05) is 0 Å². The molecule has 19 heavy (non-hydrogen) atoms. The average molecular weight is 304 g/mol. The number of piperazine rings is 1. The SMILES string of the molecule is NS(=O)(=O)N1CCN(CC(=O)NCC(F)(F)F)CC1. The summed E-state index contributed by atoms with van der Waals surface area (Å²) in [7, 11) is -3.75. The van der Waals surface area contributed by atoms with Gasteiger partial charge in [-0.25, -0.2) is 5.14 Å². The maximum absolute atomic E-state index is 11.9. The molecule has 11 heteroatoms. The number of amides is 1. The van der Waals surface area contributed by atoms with Crippen molar-refractivity contribution in [3.05, 3.63) is 0 Å². The van der Waals surface area contributed by atoms with Crippen molar-refractivity contribution in [2.75, 3.05) is 39.3 Å². The van der Waals surface area contributed by atoms with Gasteiger partial charge in [0.15, 0.2) is 0 Å². The van der Waals surface area contributed by atoms with Crippen LogP contribution in [0.4, 0.5) is 13.2 Å². The molecule has 1 aliphatic heterocycles. The molecule has 1 saturated heterocycles. The Bertz CT molecular complexity index is 417. The fourth-order valence-corrected chi connectivity index (χ4v) is 2.27. The molecule has 3 N–H and O–H groups in total. The van der Waals surface area contributed by atoms with Crippen LogP contribution in [-0.2, 0) is 15.0 Å². The lowest BCUT2D eigenvalue weighted by atomic mass is 10.3. The second-order valence-electron chi connectivity index (χ2n) is 4.11. The Kier molecular flexibility index (Phi) is 5.12. The molecular formula is C8H15F3N4O3S. The van der Waals surface area contributed by atoms with Gasteiger partial charge in [-0.15, -0.1) is 0 Å². The summed E-state index contributed by atoms with van der Waals surface area (Å²) in [5.41, 5.74) is 0. The third-order valence-electron chi connectivity index (χ3n) is 2.54. The minimum absolute atomic E-state index is 0.116. The van der Waals surface area contributed by atoms with E-state index in [1.165, 1.54) is 0 Å². The van der Waals surface area contributed by atoms with Gasteiger partial charge in [0.25, 0.3) is 10.2 Å². The highest BCUT2D eigenvalue weighted by Gasteiger charge is 2.29. The van der Waals surface area contributed by atoms with E-state index < -0.39 is 28.8 Å². The highest BCUT2D eigenvalue weighted by Crippen LogP contribution is 2.12. The average Bonchev–Trinajstić information content (AvgIpc) is 2.25. The number of alkyl halides is 3. The van der Waals surface area contributed by atoms with E-state index in [0.29, 0.717) is 0 Å². The largest absolute Gasteiger partial charge is 0.405 e. The molecule has 0 unspecified atom stereocenters. The van der Waals surface area contributed by atoms with E-state index in [2.05, 4.69) is 0 Å². The molecule has 7 nitrogen and oxygen atoms in total. The van der Waals surface area contributed by atoms with Gasteiger partial charge in [0.05, 0.1) is 6.54 Å². The fourth-order valence-electron chi connectivity index (χ4n) is 1.60. The van der Waals surface area contributed by atoms with Gasteiger partial charge in [-0.05, 0) is 0 Å². The van der Waals surface area contributed by atoms with E-state index in [0.717, 1.165) is 4.31 Å². The number of rotatable bonds is 4. The zero-order chi connectivity index (χ0) is 14.7. The minimum atomic E-state index is -4.44. The Balaban J connectivity index is 2.31. The molecule has 0 spiro atoms. The first-order valence-electron chi connectivity index (χ1n) is 5.41. The topological polar surface area (TPSA) is 95.7 Å². The molecule has 1 rings (SSSR count). The molecule has 0 radical (unpaired) electrons. The van der Waals surface area contributed by atoms with Crippen molar-refractivity contribution in [3.8, 4) is 0 Å². The number of nitrogens with zero attached hydrogens (tertiary/aromatic N) is 2. The van der Waals surface area contributed by atoms with Crippen LogP contribution in [-0.4, -0.2) is 69.0 Å². The number of nitrogens with one attached hydrogen (secondary N) is 1. The molecule has 1 amide bonds. The smallest absolute Gasteiger partial charge is 0.346 e. The first-order valence-corrected chi connectivity index (χ1v) is 6.92. The molecule has 0 atom stereocenters. The number of halogens is 3. The van der Waals surface area contributed by atoms with Gasteiger partial charge in [0.1, 0.15) is 6.54 Å². The van der Waals surface area contributed by atoms with Gasteiger partial charge in [-0.2, -0.15) is 25.9 Å². The van der Waals surface area contributed by atoms with Gasteiger partial charge >= 0.3 is 6.18 Å². The van der Waals surface area contributed by atoms with Crippen LogP contribution in [0.5, 0.6) is 0 Å². The summed E-state index contributed by atoms with van der Waals surface area (Å²) in [5, 5.41) is 6.68. The van der Waals surface area contributed by atoms with E-state index in [-0.39, 0.29) is 32.7 Å². The van der Waals surface area contributed by atoms with Crippen molar-refractivity contribution in [1.82, 2.24) is 14.5 Å². The van der Waals surface area contributed by atoms with E-state index >= 15 is 0 Å². The number of hydrogen-bond donors (Lipinski definition) is 2. The lowest BCUT2D eigenvalue weighted by Crippen LogP contribution is -2.52. The zero-order valence-electron chi connectivity index (χ0n) is 9.98. The molecule has 1 fully saturated rings. The summed E-state index contributed by atoms with van der Waals surface area (Å²) >= 11 is 0. The van der Waals surface area contributed by atoms with Crippen molar-refractivity contribution in [3.63, 3.8) is 0 Å². The van der Waals surface area contributed by atoms with Crippen molar-refractivity contribution in [1.29, 1.82) is 0 Å². The number of carbonyl (C=O) groups excluding carboxylic acids is 1. The van der Waals surface area contributed by atoms with Crippen LogP contribution >= 0.6 is 0 Å². The van der Waals surface area contributed by atoms with Gasteiger partial charge in [-0.1, -0.05) is 0 Å². The lowest BCUT2D eigenvalue weighted by molar-refractivity contribution is -0.139. The first kappa shape index (κ1) is 16.1. The van der Waals surface area contributed by atoms with Crippen molar-refractivity contribution in [2.45, 2.75) is 6.18 Å². The van der Waals surface area contributed by atoms with Gasteiger partial charge < -0.3 is 5.32 Å². The minimum Gasteiger partial charge on any atom is -0.346 e. The maximum atomic E-state index is 11.9. The number of nitrogens with two attached hydrogens (primary N) is 1. The Labute approximate surface area is 108 Å². The summed E-state index contributed by atoms with van der Waals surface area (Å²) in [6, 6.07) is 0. The Morgan fingerprint density at radius 2 is 1.74 bits per heavy atom. The van der Waals surface area contributed by atoms with Crippen LogP contribution in [0.2, 0.25) is 0 Å². The number of carbonyl (C=O) groups is 1. The fraction of sp³-hybridized carbons (Fsp3) is 0.875. The molecule has 1 heterocycles. The van der Waals surface area contributed by atoms with Crippen molar-refractivity contribution < 1.29 is 26.4 Å². The highest BCUT2D eigenvalue weighted by atomic mass is 32.2. The third kappa shape index (κ3) is 6.18. The molecule has 1 aliphatic rings. The molecule has 0 aromatic rings. The first-order chi connectivity index (χ1) is 8.58. The van der Waals surface area contributed by atoms with Gasteiger partial charge in [0.2, 0.25) is 5.91 Å². The summed E-state index contributed by atoms with van der Waals surface area (Å²) in [6.07, 6.45) is -4.44. The van der Waals surface area contributed by atoms with Crippen LogP contribution in [0.3, 0.4) is 0 Å². The molecule has 112 valence electrons. The second kappa shape index (κ2) is 6.03. The molecule has 0 saturated carbocycles. The third-order valence-corrected chi connectivity index (χ3v) is 3.63. The Morgan fingerprint density at radius 3 is 2.16 bits per heavy atom. The highest BCUT2D eigenvalue weighted by molar-refractivity contribution is 7.86. The Hall–Kier alpha value is -0.910. The quantitative estimate of drug-likeness (QED) is 0.660. The van der Waals surface area contributed by atoms with Crippen LogP contribution < -0.4 is 10.5 Å². The normalized spacial score (nSPS) is 19.4. The standard InChI is InChI=1S/C8H15F3N4O3S/c9-8(10,11)6-13-7(16)5-14-1-3-15(4-2-14)19(12,17)18/h1-6H2,(H,13,16)(H2,12,17,18). The summed E-state index contributed by atoms with van der Waals surface area (Å²) in [6.45, 7) is -0.847.